The molecule has 0 aliphatic carbocycles. The number of fused-ring (bicyclic) bond motifs is 3. The van der Waals surface area contributed by atoms with Gasteiger partial charge in [-0.05, 0) is 30.2 Å². The van der Waals surface area contributed by atoms with Gasteiger partial charge in [-0.1, -0.05) is 18.2 Å². The Labute approximate surface area is 200 Å². The van der Waals surface area contributed by atoms with Crippen LogP contribution in [-0.2, 0) is 13.0 Å². The van der Waals surface area contributed by atoms with Crippen LogP contribution in [0.5, 0.6) is 0 Å². The molecule has 35 heavy (non-hydrogen) atoms. The molecule has 1 N–H and O–H groups in total. The van der Waals surface area contributed by atoms with Crippen molar-refractivity contribution in [3.05, 3.63) is 76.1 Å². The predicted octanol–water partition coefficient (Wildman–Crippen LogP) is 2.98. The van der Waals surface area contributed by atoms with Crippen LogP contribution in [0, 0.1) is 10.1 Å². The minimum absolute atomic E-state index is 0.0992. The van der Waals surface area contributed by atoms with Gasteiger partial charge in [0.1, 0.15) is 6.33 Å². The Bertz CT molecular complexity index is 1410. The summed E-state index contributed by atoms with van der Waals surface area (Å²) in [6, 6.07) is 11.5. The van der Waals surface area contributed by atoms with Crippen molar-refractivity contribution in [3.63, 3.8) is 0 Å². The fraction of sp³-hybridized carbons (Fsp3) is 0.292. The van der Waals surface area contributed by atoms with Gasteiger partial charge >= 0.3 is 5.69 Å². The second-order valence-corrected chi connectivity index (χ2v) is 8.68. The molecule has 11 heteroatoms. The van der Waals surface area contributed by atoms with Crippen LogP contribution in [0.4, 0.5) is 17.3 Å². The number of amides is 1. The standard InChI is InChI=1S/C24H23N7O4/c32-24(20-6-3-13-35-20)29-11-9-28(10-12-29)22-21(31(33)34)23(26-15-25-22)30-8-7-17-16-4-1-2-5-18(16)27-19(17)14-30/h1-6,13,15,27H,7-12,14H2. The second kappa shape index (κ2) is 8.42. The number of hydrogen-bond donors (Lipinski definition) is 1. The molecule has 1 amide bonds. The number of aromatic nitrogens is 3. The fourth-order valence-electron chi connectivity index (χ4n) is 5.04. The Kier molecular flexibility index (Phi) is 5.09. The van der Waals surface area contributed by atoms with E-state index in [0.717, 1.165) is 17.6 Å². The lowest BCUT2D eigenvalue weighted by atomic mass is 10.0. The molecule has 1 fully saturated rings. The third kappa shape index (κ3) is 3.65. The summed E-state index contributed by atoms with van der Waals surface area (Å²) in [5, 5.41) is 13.4. The number of carbonyl (C=O) groups is 1. The Morgan fingerprint density at radius 2 is 1.77 bits per heavy atom. The van der Waals surface area contributed by atoms with Crippen LogP contribution in [0.2, 0.25) is 0 Å². The van der Waals surface area contributed by atoms with E-state index in [1.807, 2.05) is 28.0 Å². The quantitative estimate of drug-likeness (QED) is 0.354. The van der Waals surface area contributed by atoms with Crippen LogP contribution >= 0.6 is 0 Å². The topological polar surface area (TPSA) is 125 Å². The molecule has 0 bridgehead atoms. The SMILES string of the molecule is O=C(c1ccco1)N1CCN(c2ncnc(N3CCc4c([nH]c5ccccc45)C3)c2[N+](=O)[O-])CC1. The molecule has 4 aromatic rings. The van der Waals surface area contributed by atoms with E-state index in [4.69, 9.17) is 4.42 Å². The number of furan rings is 1. The Morgan fingerprint density at radius 3 is 2.51 bits per heavy atom. The van der Waals surface area contributed by atoms with Crippen molar-refractivity contribution in [1.82, 2.24) is 19.9 Å². The van der Waals surface area contributed by atoms with Crippen LogP contribution in [0.15, 0.2) is 53.4 Å². The number of nitrogens with zero attached hydrogens (tertiary/aromatic N) is 6. The van der Waals surface area contributed by atoms with Crippen molar-refractivity contribution in [2.45, 2.75) is 13.0 Å². The van der Waals surface area contributed by atoms with Gasteiger partial charge < -0.3 is 24.1 Å². The molecule has 5 heterocycles. The van der Waals surface area contributed by atoms with Crippen molar-refractivity contribution in [3.8, 4) is 0 Å². The first-order chi connectivity index (χ1) is 17.1. The molecule has 2 aliphatic rings. The summed E-state index contributed by atoms with van der Waals surface area (Å²) < 4.78 is 5.21. The highest BCUT2D eigenvalue weighted by Gasteiger charge is 2.34. The van der Waals surface area contributed by atoms with E-state index >= 15 is 0 Å². The molecule has 0 radical (unpaired) electrons. The molecule has 3 aromatic heterocycles. The van der Waals surface area contributed by atoms with Crippen molar-refractivity contribution in [2.75, 3.05) is 42.5 Å². The number of anilines is 2. The summed E-state index contributed by atoms with van der Waals surface area (Å²) in [4.78, 5) is 42.0. The van der Waals surface area contributed by atoms with Crippen LogP contribution in [-0.4, -0.2) is 63.4 Å². The van der Waals surface area contributed by atoms with E-state index in [1.165, 1.54) is 23.5 Å². The highest BCUT2D eigenvalue weighted by Crippen LogP contribution is 2.37. The normalized spacial score (nSPS) is 15.9. The molecule has 0 saturated carbocycles. The zero-order valence-electron chi connectivity index (χ0n) is 18.9. The number of H-pyrrole nitrogens is 1. The number of piperazine rings is 1. The third-order valence-electron chi connectivity index (χ3n) is 6.75. The maximum absolute atomic E-state index is 12.6. The van der Waals surface area contributed by atoms with E-state index in [-0.39, 0.29) is 23.2 Å². The van der Waals surface area contributed by atoms with Gasteiger partial charge in [0.2, 0.25) is 11.6 Å². The number of carbonyl (C=O) groups excluding carboxylic acids is 1. The van der Waals surface area contributed by atoms with Gasteiger partial charge in [0, 0.05) is 49.3 Å². The molecular formula is C24H23N7O4. The van der Waals surface area contributed by atoms with E-state index in [1.54, 1.807) is 17.0 Å². The number of hydrogen-bond acceptors (Lipinski definition) is 8. The number of para-hydroxylation sites is 1. The maximum Gasteiger partial charge on any atom is 0.353 e. The summed E-state index contributed by atoms with van der Waals surface area (Å²) in [6.07, 6.45) is 3.62. The summed E-state index contributed by atoms with van der Waals surface area (Å²) in [5.41, 5.74) is 3.28. The lowest BCUT2D eigenvalue weighted by Gasteiger charge is -2.35. The van der Waals surface area contributed by atoms with Gasteiger partial charge in [-0.3, -0.25) is 14.9 Å². The summed E-state index contributed by atoms with van der Waals surface area (Å²) in [5.74, 6) is 0.705. The van der Waals surface area contributed by atoms with Gasteiger partial charge in [-0.15, -0.1) is 0 Å². The molecule has 2 aliphatic heterocycles. The fourth-order valence-corrected chi connectivity index (χ4v) is 5.04. The minimum Gasteiger partial charge on any atom is -0.459 e. The number of nitro groups is 1. The molecule has 0 atom stereocenters. The van der Waals surface area contributed by atoms with Crippen molar-refractivity contribution >= 4 is 34.1 Å². The Balaban J connectivity index is 1.26. The molecule has 0 spiro atoms. The first kappa shape index (κ1) is 21.1. The van der Waals surface area contributed by atoms with Crippen LogP contribution in [0.1, 0.15) is 21.8 Å². The number of nitrogens with one attached hydrogen (secondary N) is 1. The lowest BCUT2D eigenvalue weighted by molar-refractivity contribution is -0.383. The van der Waals surface area contributed by atoms with Gasteiger partial charge in [-0.25, -0.2) is 9.97 Å². The Morgan fingerprint density at radius 1 is 1.00 bits per heavy atom. The highest BCUT2D eigenvalue weighted by atomic mass is 16.6. The minimum atomic E-state index is -0.397. The summed E-state index contributed by atoms with van der Waals surface area (Å²) in [7, 11) is 0. The summed E-state index contributed by atoms with van der Waals surface area (Å²) in [6.45, 7) is 2.81. The number of benzene rings is 1. The average Bonchev–Trinajstić information content (AvgIpc) is 3.56. The molecule has 1 saturated heterocycles. The lowest BCUT2D eigenvalue weighted by Crippen LogP contribution is -2.49. The van der Waals surface area contributed by atoms with Crippen molar-refractivity contribution < 1.29 is 14.1 Å². The van der Waals surface area contributed by atoms with Crippen LogP contribution in [0.3, 0.4) is 0 Å². The predicted molar refractivity (Wildman–Crippen MR) is 129 cm³/mol. The highest BCUT2D eigenvalue weighted by molar-refractivity contribution is 5.91. The molecule has 11 nitrogen and oxygen atoms in total. The van der Waals surface area contributed by atoms with Gasteiger partial charge in [-0.2, -0.15) is 0 Å². The van der Waals surface area contributed by atoms with E-state index in [9.17, 15) is 14.9 Å². The molecule has 1 aromatic carbocycles. The smallest absolute Gasteiger partial charge is 0.353 e. The third-order valence-corrected chi connectivity index (χ3v) is 6.75. The largest absolute Gasteiger partial charge is 0.459 e. The Hall–Kier alpha value is -4.41. The average molecular weight is 473 g/mol. The molecular weight excluding hydrogens is 450 g/mol. The van der Waals surface area contributed by atoms with E-state index in [0.29, 0.717) is 45.1 Å². The monoisotopic (exact) mass is 473 g/mol. The molecule has 0 unspecified atom stereocenters. The van der Waals surface area contributed by atoms with E-state index < -0.39 is 4.92 Å². The maximum atomic E-state index is 12.6. The van der Waals surface area contributed by atoms with Gasteiger partial charge in [0.15, 0.2) is 5.76 Å². The van der Waals surface area contributed by atoms with Crippen LogP contribution in [0.25, 0.3) is 10.9 Å². The van der Waals surface area contributed by atoms with Crippen LogP contribution < -0.4 is 9.80 Å². The van der Waals surface area contributed by atoms with Crippen molar-refractivity contribution in [1.29, 1.82) is 0 Å². The zero-order valence-corrected chi connectivity index (χ0v) is 18.9. The van der Waals surface area contributed by atoms with Gasteiger partial charge in [0.25, 0.3) is 5.91 Å². The number of rotatable bonds is 4. The van der Waals surface area contributed by atoms with E-state index in [2.05, 4.69) is 21.0 Å². The molecule has 6 rings (SSSR count). The first-order valence-corrected chi connectivity index (χ1v) is 11.5. The number of aromatic amines is 1. The second-order valence-electron chi connectivity index (χ2n) is 8.68. The molecule has 178 valence electrons. The van der Waals surface area contributed by atoms with Crippen molar-refractivity contribution in [2.24, 2.45) is 0 Å². The zero-order chi connectivity index (χ0) is 23.9. The van der Waals surface area contributed by atoms with Gasteiger partial charge in [0.05, 0.1) is 17.7 Å². The first-order valence-electron chi connectivity index (χ1n) is 11.5. The summed E-state index contributed by atoms with van der Waals surface area (Å²) >= 11 is 0.